The molecule has 110 valence electrons. The number of piperidine rings is 1. The monoisotopic (exact) mass is 293 g/mol. The van der Waals surface area contributed by atoms with Crippen LogP contribution in [0.25, 0.3) is 0 Å². The van der Waals surface area contributed by atoms with Crippen LogP contribution in [-0.2, 0) is 16.1 Å². The van der Waals surface area contributed by atoms with Crippen LogP contribution in [0.1, 0.15) is 25.3 Å². The Bertz CT molecular complexity index is 433. The van der Waals surface area contributed by atoms with Crippen LogP contribution < -0.4 is 0 Å². The minimum Gasteiger partial charge on any atom is -0.466 e. The smallest absolute Gasteiger partial charge is 0.310 e. The molecule has 1 fully saturated rings. The van der Waals surface area contributed by atoms with Crippen molar-refractivity contribution in [2.75, 3.05) is 26.0 Å². The second-order valence-corrected chi connectivity index (χ2v) is 6.05. The van der Waals surface area contributed by atoms with Gasteiger partial charge in [-0.2, -0.15) is 0 Å². The fourth-order valence-electron chi connectivity index (χ4n) is 2.64. The summed E-state index contributed by atoms with van der Waals surface area (Å²) >= 11 is 1.76. The van der Waals surface area contributed by atoms with Gasteiger partial charge in [0.15, 0.2) is 0 Å². The first-order valence-electron chi connectivity index (χ1n) is 7.25. The Morgan fingerprint density at radius 1 is 1.40 bits per heavy atom. The van der Waals surface area contributed by atoms with Gasteiger partial charge >= 0.3 is 5.97 Å². The molecule has 2 rings (SSSR count). The van der Waals surface area contributed by atoms with Crippen LogP contribution in [0.3, 0.4) is 0 Å². The predicted molar refractivity (Wildman–Crippen MR) is 82.9 cm³/mol. The maximum atomic E-state index is 11.8. The van der Waals surface area contributed by atoms with E-state index in [1.54, 1.807) is 11.8 Å². The van der Waals surface area contributed by atoms with Gasteiger partial charge in [-0.25, -0.2) is 0 Å². The Morgan fingerprint density at radius 2 is 2.15 bits per heavy atom. The lowest BCUT2D eigenvalue weighted by molar-refractivity contribution is -0.150. The van der Waals surface area contributed by atoms with E-state index in [0.717, 1.165) is 32.5 Å². The van der Waals surface area contributed by atoms with Crippen molar-refractivity contribution in [3.63, 3.8) is 0 Å². The standard InChI is InChI=1S/C16H23NO2S/c1-3-19-16(18)14-5-4-10-17(12-14)11-13-6-8-15(20-2)9-7-13/h6-9,14H,3-5,10-12H2,1-2H3/t14-/m0/s1. The summed E-state index contributed by atoms with van der Waals surface area (Å²) < 4.78 is 5.14. The number of rotatable bonds is 5. The molecule has 1 aliphatic rings. The molecule has 0 saturated carbocycles. The third kappa shape index (κ3) is 4.25. The zero-order valence-electron chi connectivity index (χ0n) is 12.3. The van der Waals surface area contributed by atoms with E-state index in [0.29, 0.717) is 6.61 Å². The van der Waals surface area contributed by atoms with Crippen molar-refractivity contribution >= 4 is 17.7 Å². The molecule has 1 heterocycles. The zero-order chi connectivity index (χ0) is 14.4. The molecule has 0 unspecified atom stereocenters. The zero-order valence-corrected chi connectivity index (χ0v) is 13.1. The molecule has 1 saturated heterocycles. The van der Waals surface area contributed by atoms with Crippen LogP contribution in [0.15, 0.2) is 29.2 Å². The number of benzene rings is 1. The maximum absolute atomic E-state index is 11.8. The average molecular weight is 293 g/mol. The van der Waals surface area contributed by atoms with Crippen LogP contribution in [0, 0.1) is 5.92 Å². The summed E-state index contributed by atoms with van der Waals surface area (Å²) in [7, 11) is 0. The normalized spacial score (nSPS) is 19.8. The third-order valence-electron chi connectivity index (χ3n) is 3.69. The van der Waals surface area contributed by atoms with Crippen LogP contribution >= 0.6 is 11.8 Å². The molecule has 4 heteroatoms. The molecule has 0 radical (unpaired) electrons. The van der Waals surface area contributed by atoms with Gasteiger partial charge < -0.3 is 4.74 Å². The fourth-order valence-corrected chi connectivity index (χ4v) is 3.05. The Morgan fingerprint density at radius 3 is 2.80 bits per heavy atom. The van der Waals surface area contributed by atoms with E-state index >= 15 is 0 Å². The lowest BCUT2D eigenvalue weighted by atomic mass is 9.98. The van der Waals surface area contributed by atoms with E-state index < -0.39 is 0 Å². The maximum Gasteiger partial charge on any atom is 0.310 e. The average Bonchev–Trinajstić information content (AvgIpc) is 2.48. The molecular weight excluding hydrogens is 270 g/mol. The highest BCUT2D eigenvalue weighted by Gasteiger charge is 2.26. The molecule has 1 aromatic rings. The van der Waals surface area contributed by atoms with Gasteiger partial charge in [0.1, 0.15) is 0 Å². The molecule has 1 aliphatic heterocycles. The number of hydrogen-bond acceptors (Lipinski definition) is 4. The number of nitrogens with zero attached hydrogens (tertiary/aromatic N) is 1. The van der Waals surface area contributed by atoms with Gasteiger partial charge in [0.25, 0.3) is 0 Å². The van der Waals surface area contributed by atoms with E-state index in [9.17, 15) is 4.79 Å². The van der Waals surface area contributed by atoms with Gasteiger partial charge in [-0.15, -0.1) is 11.8 Å². The molecular formula is C16H23NO2S. The SMILES string of the molecule is CCOC(=O)[C@H]1CCCN(Cc2ccc(SC)cc2)C1. The van der Waals surface area contributed by atoms with Crippen molar-refractivity contribution in [3.8, 4) is 0 Å². The molecule has 1 atom stereocenters. The summed E-state index contributed by atoms with van der Waals surface area (Å²) in [4.78, 5) is 15.5. The second kappa shape index (κ2) is 7.70. The first-order valence-corrected chi connectivity index (χ1v) is 8.47. The van der Waals surface area contributed by atoms with Gasteiger partial charge in [0.2, 0.25) is 0 Å². The lowest BCUT2D eigenvalue weighted by Crippen LogP contribution is -2.38. The number of carbonyl (C=O) groups excluding carboxylic acids is 1. The molecule has 0 N–H and O–H groups in total. The topological polar surface area (TPSA) is 29.5 Å². The Hall–Kier alpha value is -1.00. The van der Waals surface area contributed by atoms with Crippen molar-refractivity contribution < 1.29 is 9.53 Å². The van der Waals surface area contributed by atoms with E-state index in [1.807, 2.05) is 6.92 Å². The van der Waals surface area contributed by atoms with Crippen LogP contribution in [0.5, 0.6) is 0 Å². The van der Waals surface area contributed by atoms with E-state index in [2.05, 4.69) is 35.4 Å². The molecule has 0 amide bonds. The van der Waals surface area contributed by atoms with Crippen molar-refractivity contribution in [1.29, 1.82) is 0 Å². The number of carbonyl (C=O) groups is 1. The number of likely N-dealkylation sites (tertiary alicyclic amines) is 1. The summed E-state index contributed by atoms with van der Waals surface area (Å²) in [5, 5.41) is 0. The van der Waals surface area contributed by atoms with E-state index in [4.69, 9.17) is 4.74 Å². The quantitative estimate of drug-likeness (QED) is 0.616. The summed E-state index contributed by atoms with van der Waals surface area (Å²) in [6, 6.07) is 8.68. The highest BCUT2D eigenvalue weighted by atomic mass is 32.2. The van der Waals surface area contributed by atoms with Crippen molar-refractivity contribution in [2.24, 2.45) is 5.92 Å². The van der Waals surface area contributed by atoms with E-state index in [-0.39, 0.29) is 11.9 Å². The van der Waals surface area contributed by atoms with Gasteiger partial charge in [0.05, 0.1) is 12.5 Å². The molecule has 1 aromatic carbocycles. The molecule has 0 aromatic heterocycles. The fraction of sp³-hybridized carbons (Fsp3) is 0.562. The molecule has 20 heavy (non-hydrogen) atoms. The summed E-state index contributed by atoms with van der Waals surface area (Å²) in [6.07, 6.45) is 4.12. The minimum absolute atomic E-state index is 0.0325. The Kier molecular flexibility index (Phi) is 5.92. The number of ether oxygens (including phenoxy) is 1. The van der Waals surface area contributed by atoms with E-state index in [1.165, 1.54) is 10.5 Å². The lowest BCUT2D eigenvalue weighted by Gasteiger charge is -2.31. The molecule has 0 bridgehead atoms. The number of esters is 1. The van der Waals surface area contributed by atoms with Gasteiger partial charge in [-0.1, -0.05) is 12.1 Å². The van der Waals surface area contributed by atoms with Crippen LogP contribution in [-0.4, -0.2) is 36.8 Å². The van der Waals surface area contributed by atoms with Crippen LogP contribution in [0.4, 0.5) is 0 Å². The minimum atomic E-state index is -0.0325. The largest absolute Gasteiger partial charge is 0.466 e. The van der Waals surface area contributed by atoms with Crippen molar-refractivity contribution in [1.82, 2.24) is 4.90 Å². The number of hydrogen-bond donors (Lipinski definition) is 0. The molecule has 3 nitrogen and oxygen atoms in total. The van der Waals surface area contributed by atoms with Crippen molar-refractivity contribution in [3.05, 3.63) is 29.8 Å². The Labute approximate surface area is 125 Å². The third-order valence-corrected chi connectivity index (χ3v) is 4.43. The molecule has 0 spiro atoms. The highest BCUT2D eigenvalue weighted by Crippen LogP contribution is 2.21. The van der Waals surface area contributed by atoms with Gasteiger partial charge in [0, 0.05) is 18.0 Å². The van der Waals surface area contributed by atoms with Crippen molar-refractivity contribution in [2.45, 2.75) is 31.2 Å². The highest BCUT2D eigenvalue weighted by molar-refractivity contribution is 7.98. The molecule has 0 aliphatic carbocycles. The van der Waals surface area contributed by atoms with Crippen LogP contribution in [0.2, 0.25) is 0 Å². The second-order valence-electron chi connectivity index (χ2n) is 5.17. The van der Waals surface area contributed by atoms with Gasteiger partial charge in [-0.05, 0) is 50.3 Å². The van der Waals surface area contributed by atoms with Gasteiger partial charge in [-0.3, -0.25) is 9.69 Å². The summed E-state index contributed by atoms with van der Waals surface area (Å²) in [6.45, 7) is 5.16. The summed E-state index contributed by atoms with van der Waals surface area (Å²) in [5.41, 5.74) is 1.31. The number of thioether (sulfide) groups is 1. The first-order chi connectivity index (χ1) is 9.72. The Balaban J connectivity index is 1.90. The predicted octanol–water partition coefficient (Wildman–Crippen LogP) is 3.18. The first kappa shape index (κ1) is 15.4. The summed E-state index contributed by atoms with van der Waals surface area (Å²) in [5.74, 6) is 0.0177.